The van der Waals surface area contributed by atoms with Gasteiger partial charge in [0.05, 0.1) is 18.2 Å². The van der Waals surface area contributed by atoms with Crippen molar-refractivity contribution in [2.24, 2.45) is 0 Å². The lowest BCUT2D eigenvalue weighted by atomic mass is 10.1. The summed E-state index contributed by atoms with van der Waals surface area (Å²) >= 11 is 0. The summed E-state index contributed by atoms with van der Waals surface area (Å²) < 4.78 is 5.22. The van der Waals surface area contributed by atoms with Crippen LogP contribution in [0, 0.1) is 11.3 Å². The Morgan fingerprint density at radius 3 is 3.06 bits per heavy atom. The maximum atomic E-state index is 12.0. The number of nitrogens with zero attached hydrogens (tertiary/aromatic N) is 2. The maximum Gasteiger partial charge on any atom is 0.255 e. The van der Waals surface area contributed by atoms with Crippen LogP contribution in [0.15, 0.2) is 24.3 Å². The standard InChI is InChI=1S/C12H12N2O2/c13-8-10-3-1-4-11(7-10)12(15)14-5-2-6-16-9-14/h1,3-4,7H,2,5-6,9H2. The number of amides is 1. The summed E-state index contributed by atoms with van der Waals surface area (Å²) in [5.41, 5.74) is 1.05. The molecule has 1 saturated heterocycles. The molecule has 16 heavy (non-hydrogen) atoms. The molecule has 0 aromatic heterocycles. The summed E-state index contributed by atoms with van der Waals surface area (Å²) in [5.74, 6) is -0.0724. The van der Waals surface area contributed by atoms with Crippen molar-refractivity contribution in [1.82, 2.24) is 4.90 Å². The fourth-order valence-electron chi connectivity index (χ4n) is 1.66. The summed E-state index contributed by atoms with van der Waals surface area (Å²) in [6.07, 6.45) is 0.865. The molecule has 0 unspecified atom stereocenters. The van der Waals surface area contributed by atoms with Gasteiger partial charge in [-0.2, -0.15) is 5.26 Å². The first-order valence-electron chi connectivity index (χ1n) is 5.18. The molecule has 0 spiro atoms. The Hall–Kier alpha value is -1.86. The Balaban J connectivity index is 2.16. The van der Waals surface area contributed by atoms with Crippen LogP contribution in [0.2, 0.25) is 0 Å². The number of benzene rings is 1. The second-order valence-electron chi connectivity index (χ2n) is 3.65. The molecule has 82 valence electrons. The highest BCUT2D eigenvalue weighted by Crippen LogP contribution is 2.10. The van der Waals surface area contributed by atoms with Crippen molar-refractivity contribution in [3.05, 3.63) is 35.4 Å². The van der Waals surface area contributed by atoms with Crippen LogP contribution in [0.3, 0.4) is 0 Å². The van der Waals surface area contributed by atoms with Gasteiger partial charge in [-0.25, -0.2) is 0 Å². The number of hydrogen-bond acceptors (Lipinski definition) is 3. The Morgan fingerprint density at radius 1 is 1.50 bits per heavy atom. The van der Waals surface area contributed by atoms with Gasteiger partial charge in [-0.15, -0.1) is 0 Å². The fraction of sp³-hybridized carbons (Fsp3) is 0.333. The van der Waals surface area contributed by atoms with Crippen LogP contribution in [0.1, 0.15) is 22.3 Å². The Kier molecular flexibility index (Phi) is 3.18. The van der Waals surface area contributed by atoms with E-state index in [2.05, 4.69) is 0 Å². The molecule has 1 heterocycles. The third-order valence-corrected chi connectivity index (χ3v) is 2.49. The predicted octanol–water partition coefficient (Wildman–Crippen LogP) is 1.38. The average Bonchev–Trinajstić information content (AvgIpc) is 2.39. The van der Waals surface area contributed by atoms with Crippen molar-refractivity contribution >= 4 is 5.91 Å². The Labute approximate surface area is 94.0 Å². The molecule has 1 aromatic carbocycles. The van der Waals surface area contributed by atoms with E-state index in [9.17, 15) is 4.79 Å². The Morgan fingerprint density at radius 2 is 2.38 bits per heavy atom. The van der Waals surface area contributed by atoms with Crippen LogP contribution >= 0.6 is 0 Å². The van der Waals surface area contributed by atoms with Crippen LogP contribution < -0.4 is 0 Å². The number of carbonyl (C=O) groups excluding carboxylic acids is 1. The normalized spacial score (nSPS) is 15.6. The summed E-state index contributed by atoms with van der Waals surface area (Å²) in [7, 11) is 0. The third kappa shape index (κ3) is 2.20. The minimum absolute atomic E-state index is 0.0724. The van der Waals surface area contributed by atoms with Crippen molar-refractivity contribution in [2.75, 3.05) is 19.9 Å². The van der Waals surface area contributed by atoms with Gasteiger partial charge in [-0.1, -0.05) is 6.07 Å². The quantitative estimate of drug-likeness (QED) is 0.712. The predicted molar refractivity (Wildman–Crippen MR) is 57.6 cm³/mol. The topological polar surface area (TPSA) is 53.3 Å². The van der Waals surface area contributed by atoms with Gasteiger partial charge >= 0.3 is 0 Å². The van der Waals surface area contributed by atoms with E-state index in [0.29, 0.717) is 24.5 Å². The molecule has 1 aliphatic rings. The van der Waals surface area contributed by atoms with Crippen molar-refractivity contribution < 1.29 is 9.53 Å². The molecule has 1 amide bonds. The minimum Gasteiger partial charge on any atom is -0.361 e. The molecular weight excluding hydrogens is 204 g/mol. The van der Waals surface area contributed by atoms with Crippen LogP contribution in [-0.2, 0) is 4.74 Å². The highest BCUT2D eigenvalue weighted by molar-refractivity contribution is 5.94. The molecule has 1 aromatic rings. The van der Waals surface area contributed by atoms with E-state index < -0.39 is 0 Å². The summed E-state index contributed by atoms with van der Waals surface area (Å²) in [6, 6.07) is 8.75. The van der Waals surface area contributed by atoms with Crippen LogP contribution in [0.4, 0.5) is 0 Å². The van der Waals surface area contributed by atoms with Gasteiger partial charge in [0.25, 0.3) is 5.91 Å². The van der Waals surface area contributed by atoms with Crippen LogP contribution in [0.5, 0.6) is 0 Å². The van der Waals surface area contributed by atoms with E-state index in [1.54, 1.807) is 29.2 Å². The monoisotopic (exact) mass is 216 g/mol. The maximum absolute atomic E-state index is 12.0. The first kappa shape index (κ1) is 10.7. The second kappa shape index (κ2) is 4.77. The summed E-state index contributed by atoms with van der Waals surface area (Å²) in [6.45, 7) is 1.77. The molecule has 0 N–H and O–H groups in total. The van der Waals surface area contributed by atoms with Crippen molar-refractivity contribution in [1.29, 1.82) is 5.26 Å². The molecule has 0 bridgehead atoms. The van der Waals surface area contributed by atoms with E-state index in [1.807, 2.05) is 6.07 Å². The zero-order chi connectivity index (χ0) is 11.4. The van der Waals surface area contributed by atoms with Gasteiger partial charge in [0, 0.05) is 12.1 Å². The molecule has 4 nitrogen and oxygen atoms in total. The minimum atomic E-state index is -0.0724. The van der Waals surface area contributed by atoms with Crippen molar-refractivity contribution in [3.63, 3.8) is 0 Å². The van der Waals surface area contributed by atoms with E-state index in [-0.39, 0.29) is 5.91 Å². The second-order valence-corrected chi connectivity index (χ2v) is 3.65. The number of hydrogen-bond donors (Lipinski definition) is 0. The molecule has 2 rings (SSSR count). The largest absolute Gasteiger partial charge is 0.361 e. The molecule has 1 aliphatic heterocycles. The Bertz CT molecular complexity index is 431. The molecule has 0 aliphatic carbocycles. The molecule has 0 saturated carbocycles. The van der Waals surface area contributed by atoms with E-state index in [4.69, 9.17) is 10.00 Å². The third-order valence-electron chi connectivity index (χ3n) is 2.49. The molecule has 4 heteroatoms. The lowest BCUT2D eigenvalue weighted by molar-refractivity contribution is -0.00571. The first-order chi connectivity index (χ1) is 7.81. The summed E-state index contributed by atoms with van der Waals surface area (Å²) in [5, 5.41) is 8.75. The van der Waals surface area contributed by atoms with Gasteiger partial charge in [0.15, 0.2) is 0 Å². The van der Waals surface area contributed by atoms with Gasteiger partial charge in [0.2, 0.25) is 0 Å². The molecule has 0 atom stereocenters. The molecule has 0 radical (unpaired) electrons. The number of carbonyl (C=O) groups is 1. The van der Waals surface area contributed by atoms with Crippen molar-refractivity contribution in [2.45, 2.75) is 6.42 Å². The fourth-order valence-corrected chi connectivity index (χ4v) is 1.66. The highest BCUT2D eigenvalue weighted by atomic mass is 16.5. The lowest BCUT2D eigenvalue weighted by Crippen LogP contribution is -2.38. The zero-order valence-electron chi connectivity index (χ0n) is 8.85. The smallest absolute Gasteiger partial charge is 0.255 e. The SMILES string of the molecule is N#Cc1cccc(C(=O)N2CCCOC2)c1. The van der Waals surface area contributed by atoms with Gasteiger partial charge in [-0.3, -0.25) is 4.79 Å². The van der Waals surface area contributed by atoms with Crippen molar-refractivity contribution in [3.8, 4) is 6.07 Å². The average molecular weight is 216 g/mol. The highest BCUT2D eigenvalue weighted by Gasteiger charge is 2.18. The van der Waals surface area contributed by atoms with Gasteiger partial charge in [0.1, 0.15) is 6.73 Å². The van der Waals surface area contributed by atoms with Crippen LogP contribution in [-0.4, -0.2) is 30.7 Å². The first-order valence-corrected chi connectivity index (χ1v) is 5.18. The van der Waals surface area contributed by atoms with E-state index >= 15 is 0 Å². The number of ether oxygens (including phenoxy) is 1. The molecular formula is C12H12N2O2. The van der Waals surface area contributed by atoms with E-state index in [0.717, 1.165) is 13.0 Å². The molecule has 1 fully saturated rings. The van der Waals surface area contributed by atoms with Gasteiger partial charge < -0.3 is 9.64 Å². The lowest BCUT2D eigenvalue weighted by Gasteiger charge is -2.26. The number of rotatable bonds is 1. The van der Waals surface area contributed by atoms with Crippen LogP contribution in [0.25, 0.3) is 0 Å². The number of nitriles is 1. The van der Waals surface area contributed by atoms with Gasteiger partial charge in [-0.05, 0) is 24.6 Å². The van der Waals surface area contributed by atoms with E-state index in [1.165, 1.54) is 0 Å². The summed E-state index contributed by atoms with van der Waals surface area (Å²) in [4.78, 5) is 13.7. The zero-order valence-corrected chi connectivity index (χ0v) is 8.85.